The van der Waals surface area contributed by atoms with Crippen LogP contribution in [0.15, 0.2) is 18.2 Å². The van der Waals surface area contributed by atoms with Crippen LogP contribution in [0.25, 0.3) is 0 Å². The Hall–Kier alpha value is -1.02. The van der Waals surface area contributed by atoms with Crippen molar-refractivity contribution in [2.75, 3.05) is 18.0 Å². The van der Waals surface area contributed by atoms with Crippen molar-refractivity contribution in [3.05, 3.63) is 29.3 Å². The van der Waals surface area contributed by atoms with E-state index in [1.807, 2.05) is 6.92 Å². The van der Waals surface area contributed by atoms with Gasteiger partial charge in [0, 0.05) is 24.2 Å². The van der Waals surface area contributed by atoms with Gasteiger partial charge in [-0.15, -0.1) is 0 Å². The van der Waals surface area contributed by atoms with E-state index < -0.39 is 6.10 Å². The molecule has 2 atom stereocenters. The van der Waals surface area contributed by atoms with Crippen LogP contribution in [0.3, 0.4) is 0 Å². The quantitative estimate of drug-likeness (QED) is 0.889. The molecule has 1 heterocycles. The SMILES string of the molecule is CCN1CC(CC)(C(C)C)c2c(C(C)O)cccc21. The number of likely N-dealkylation sites (N-methyl/N-ethyl adjacent to an activating group) is 1. The first-order valence-electron chi connectivity index (χ1n) is 7.54. The first-order valence-corrected chi connectivity index (χ1v) is 7.54. The Morgan fingerprint density at radius 1 is 1.26 bits per heavy atom. The van der Waals surface area contributed by atoms with E-state index in [1.54, 1.807) is 0 Å². The van der Waals surface area contributed by atoms with Crippen LogP contribution in [0.2, 0.25) is 0 Å². The molecule has 2 rings (SSSR count). The zero-order valence-corrected chi connectivity index (χ0v) is 12.9. The lowest BCUT2D eigenvalue weighted by Crippen LogP contribution is -2.38. The Kier molecular flexibility index (Phi) is 3.91. The number of hydrogen-bond donors (Lipinski definition) is 1. The molecular formula is C17H27NO. The molecule has 0 fully saturated rings. The minimum Gasteiger partial charge on any atom is -0.389 e. The van der Waals surface area contributed by atoms with E-state index in [0.29, 0.717) is 5.92 Å². The average Bonchev–Trinajstić information content (AvgIpc) is 2.73. The van der Waals surface area contributed by atoms with E-state index in [0.717, 1.165) is 25.1 Å². The molecule has 19 heavy (non-hydrogen) atoms. The van der Waals surface area contributed by atoms with Crippen molar-refractivity contribution in [3.63, 3.8) is 0 Å². The summed E-state index contributed by atoms with van der Waals surface area (Å²) in [4.78, 5) is 2.46. The number of nitrogens with zero attached hydrogens (tertiary/aromatic N) is 1. The van der Waals surface area contributed by atoms with Gasteiger partial charge < -0.3 is 10.0 Å². The van der Waals surface area contributed by atoms with Gasteiger partial charge in [-0.3, -0.25) is 0 Å². The van der Waals surface area contributed by atoms with E-state index in [1.165, 1.54) is 11.3 Å². The second-order valence-electron chi connectivity index (χ2n) is 6.10. The third-order valence-corrected chi connectivity index (χ3v) is 4.95. The van der Waals surface area contributed by atoms with Gasteiger partial charge in [0.1, 0.15) is 0 Å². The Morgan fingerprint density at radius 3 is 2.42 bits per heavy atom. The van der Waals surface area contributed by atoms with Crippen molar-refractivity contribution < 1.29 is 5.11 Å². The molecule has 0 saturated carbocycles. The van der Waals surface area contributed by atoms with E-state index in [-0.39, 0.29) is 5.41 Å². The molecular weight excluding hydrogens is 234 g/mol. The predicted molar refractivity (Wildman–Crippen MR) is 81.8 cm³/mol. The molecule has 1 aliphatic rings. The summed E-state index contributed by atoms with van der Waals surface area (Å²) in [7, 11) is 0. The number of aliphatic hydroxyl groups excluding tert-OH is 1. The highest BCUT2D eigenvalue weighted by Gasteiger charge is 2.44. The van der Waals surface area contributed by atoms with Crippen LogP contribution in [-0.4, -0.2) is 18.2 Å². The third kappa shape index (κ3) is 2.06. The lowest BCUT2D eigenvalue weighted by molar-refractivity contribution is 0.194. The average molecular weight is 261 g/mol. The molecule has 2 unspecified atom stereocenters. The van der Waals surface area contributed by atoms with Gasteiger partial charge in [0.2, 0.25) is 0 Å². The van der Waals surface area contributed by atoms with Crippen LogP contribution in [0.4, 0.5) is 5.69 Å². The molecule has 1 N–H and O–H groups in total. The predicted octanol–water partition coefficient (Wildman–Crippen LogP) is 3.88. The molecule has 2 heteroatoms. The van der Waals surface area contributed by atoms with Crippen molar-refractivity contribution in [1.29, 1.82) is 0 Å². The summed E-state index contributed by atoms with van der Waals surface area (Å²) in [6, 6.07) is 6.38. The van der Waals surface area contributed by atoms with Gasteiger partial charge in [-0.1, -0.05) is 32.9 Å². The van der Waals surface area contributed by atoms with Gasteiger partial charge in [0.15, 0.2) is 0 Å². The summed E-state index contributed by atoms with van der Waals surface area (Å²) >= 11 is 0. The highest BCUT2D eigenvalue weighted by Crippen LogP contribution is 2.50. The maximum Gasteiger partial charge on any atom is 0.0765 e. The van der Waals surface area contributed by atoms with Gasteiger partial charge in [0.25, 0.3) is 0 Å². The smallest absolute Gasteiger partial charge is 0.0765 e. The second kappa shape index (κ2) is 5.16. The Morgan fingerprint density at radius 2 is 1.95 bits per heavy atom. The Labute approximate surface area is 117 Å². The van der Waals surface area contributed by atoms with Crippen molar-refractivity contribution in [2.24, 2.45) is 5.92 Å². The maximum atomic E-state index is 10.1. The lowest BCUT2D eigenvalue weighted by atomic mass is 9.69. The molecule has 1 aromatic rings. The molecule has 0 amide bonds. The van der Waals surface area contributed by atoms with Gasteiger partial charge in [-0.2, -0.15) is 0 Å². The summed E-state index contributed by atoms with van der Waals surface area (Å²) in [6.45, 7) is 13.1. The fourth-order valence-electron chi connectivity index (χ4n) is 3.67. The second-order valence-corrected chi connectivity index (χ2v) is 6.10. The van der Waals surface area contributed by atoms with E-state index in [9.17, 15) is 5.11 Å². The molecule has 106 valence electrons. The Bertz CT molecular complexity index is 453. The van der Waals surface area contributed by atoms with Crippen LogP contribution in [0.5, 0.6) is 0 Å². The van der Waals surface area contributed by atoms with Gasteiger partial charge in [-0.05, 0) is 43.4 Å². The van der Waals surface area contributed by atoms with Crippen molar-refractivity contribution in [3.8, 4) is 0 Å². The molecule has 1 aromatic carbocycles. The highest BCUT2D eigenvalue weighted by atomic mass is 16.3. The van der Waals surface area contributed by atoms with Crippen LogP contribution in [0, 0.1) is 5.92 Å². The summed E-state index contributed by atoms with van der Waals surface area (Å²) < 4.78 is 0. The van der Waals surface area contributed by atoms with Gasteiger partial charge in [-0.25, -0.2) is 0 Å². The van der Waals surface area contributed by atoms with E-state index >= 15 is 0 Å². The van der Waals surface area contributed by atoms with Crippen molar-refractivity contribution in [1.82, 2.24) is 0 Å². The minimum absolute atomic E-state index is 0.179. The largest absolute Gasteiger partial charge is 0.389 e. The fourth-order valence-corrected chi connectivity index (χ4v) is 3.67. The number of rotatable bonds is 4. The first-order chi connectivity index (χ1) is 8.97. The fraction of sp³-hybridized carbons (Fsp3) is 0.647. The van der Waals surface area contributed by atoms with Crippen LogP contribution >= 0.6 is 0 Å². The van der Waals surface area contributed by atoms with Gasteiger partial charge >= 0.3 is 0 Å². The molecule has 0 spiro atoms. The van der Waals surface area contributed by atoms with Crippen molar-refractivity contribution in [2.45, 2.75) is 52.6 Å². The summed E-state index contributed by atoms with van der Waals surface area (Å²) in [6.07, 6.45) is 0.731. The first kappa shape index (κ1) is 14.4. The molecule has 0 aromatic heterocycles. The molecule has 0 bridgehead atoms. The monoisotopic (exact) mass is 261 g/mol. The standard InChI is InChI=1S/C17H27NO/c1-6-17(12(3)4)11-18(7-2)15-10-8-9-14(13(5)19)16(15)17/h8-10,12-13,19H,6-7,11H2,1-5H3. The Balaban J connectivity index is 2.68. The summed E-state index contributed by atoms with van der Waals surface area (Å²) in [5.41, 5.74) is 4.02. The van der Waals surface area contributed by atoms with Crippen molar-refractivity contribution >= 4 is 5.69 Å². The van der Waals surface area contributed by atoms with Crippen LogP contribution in [-0.2, 0) is 5.41 Å². The molecule has 0 aliphatic carbocycles. The van der Waals surface area contributed by atoms with E-state index in [2.05, 4.69) is 50.8 Å². The number of fused-ring (bicyclic) bond motifs is 1. The van der Waals surface area contributed by atoms with Gasteiger partial charge in [0.05, 0.1) is 6.10 Å². The highest BCUT2D eigenvalue weighted by molar-refractivity contribution is 5.66. The topological polar surface area (TPSA) is 23.5 Å². The van der Waals surface area contributed by atoms with Crippen LogP contribution in [0.1, 0.15) is 58.3 Å². The summed E-state index contributed by atoms with van der Waals surface area (Å²) in [5, 5.41) is 10.1. The zero-order valence-electron chi connectivity index (χ0n) is 12.9. The number of benzene rings is 1. The lowest BCUT2D eigenvalue weighted by Gasteiger charge is -2.35. The summed E-state index contributed by atoms with van der Waals surface area (Å²) in [5.74, 6) is 0.577. The third-order valence-electron chi connectivity index (χ3n) is 4.95. The number of aliphatic hydroxyl groups is 1. The number of anilines is 1. The minimum atomic E-state index is -0.392. The molecule has 2 nitrogen and oxygen atoms in total. The maximum absolute atomic E-state index is 10.1. The molecule has 0 saturated heterocycles. The van der Waals surface area contributed by atoms with Crippen LogP contribution < -0.4 is 4.90 Å². The number of hydrogen-bond acceptors (Lipinski definition) is 2. The molecule has 0 radical (unpaired) electrons. The van der Waals surface area contributed by atoms with E-state index in [4.69, 9.17) is 0 Å². The zero-order chi connectivity index (χ0) is 14.2. The normalized spacial score (nSPS) is 23.8. The molecule has 1 aliphatic heterocycles.